The van der Waals surface area contributed by atoms with Crippen molar-refractivity contribution >= 4 is 17.3 Å². The molecule has 1 aromatic carbocycles. The maximum Gasteiger partial charge on any atom is 0.271 e. The Labute approximate surface area is 86.6 Å². The van der Waals surface area contributed by atoms with Crippen molar-refractivity contribution in [2.75, 3.05) is 6.61 Å². The Hall–Kier alpha value is -1.29. The van der Waals surface area contributed by atoms with E-state index in [1.165, 1.54) is 18.2 Å². The summed E-state index contributed by atoms with van der Waals surface area (Å²) in [5.74, 6) is 0.485. The van der Waals surface area contributed by atoms with Gasteiger partial charge in [-0.1, -0.05) is 18.5 Å². The maximum atomic E-state index is 10.4. The highest BCUT2D eigenvalue weighted by Gasteiger charge is 2.09. The molecule has 5 heteroatoms. The number of benzene rings is 1. The monoisotopic (exact) mass is 215 g/mol. The van der Waals surface area contributed by atoms with E-state index in [2.05, 4.69) is 0 Å². The molecular formula is C9H10ClNO3. The molecule has 76 valence electrons. The first kappa shape index (κ1) is 10.8. The van der Waals surface area contributed by atoms with Crippen molar-refractivity contribution in [3.63, 3.8) is 0 Å². The van der Waals surface area contributed by atoms with Crippen LogP contribution in [0.1, 0.15) is 13.3 Å². The van der Waals surface area contributed by atoms with Crippen molar-refractivity contribution in [2.45, 2.75) is 13.3 Å². The van der Waals surface area contributed by atoms with Crippen LogP contribution >= 0.6 is 11.6 Å². The third kappa shape index (κ3) is 2.60. The van der Waals surface area contributed by atoms with Crippen molar-refractivity contribution < 1.29 is 9.66 Å². The van der Waals surface area contributed by atoms with Crippen molar-refractivity contribution in [2.24, 2.45) is 0 Å². The highest BCUT2D eigenvalue weighted by atomic mass is 35.5. The number of ether oxygens (including phenoxy) is 1. The Morgan fingerprint density at radius 1 is 1.57 bits per heavy atom. The lowest BCUT2D eigenvalue weighted by molar-refractivity contribution is -0.384. The Kier molecular flexibility index (Phi) is 3.71. The standard InChI is InChI=1S/C9H10ClNO3/c1-2-5-14-9-4-3-7(11(12)13)6-8(9)10/h3-4,6H,2,5H2,1H3. The first-order valence-electron chi connectivity index (χ1n) is 4.22. The zero-order valence-electron chi connectivity index (χ0n) is 7.70. The number of halogens is 1. The largest absolute Gasteiger partial charge is 0.492 e. The average Bonchev–Trinajstić information content (AvgIpc) is 2.15. The second-order valence-corrected chi connectivity index (χ2v) is 3.13. The third-order valence-electron chi connectivity index (χ3n) is 1.59. The molecular weight excluding hydrogens is 206 g/mol. The summed E-state index contributed by atoms with van der Waals surface area (Å²) < 4.78 is 5.27. The summed E-state index contributed by atoms with van der Waals surface area (Å²) in [5.41, 5.74) is -0.0288. The van der Waals surface area contributed by atoms with Crippen molar-refractivity contribution in [3.8, 4) is 5.75 Å². The predicted octanol–water partition coefficient (Wildman–Crippen LogP) is 3.04. The topological polar surface area (TPSA) is 52.4 Å². The number of nitro benzene ring substituents is 1. The molecule has 1 aromatic rings. The molecule has 0 atom stereocenters. The van der Waals surface area contributed by atoms with Crippen LogP contribution in [0.3, 0.4) is 0 Å². The molecule has 0 bridgehead atoms. The van der Waals surface area contributed by atoms with Gasteiger partial charge >= 0.3 is 0 Å². The molecule has 0 aliphatic rings. The van der Waals surface area contributed by atoms with Crippen molar-refractivity contribution in [1.29, 1.82) is 0 Å². The number of non-ortho nitro benzene ring substituents is 1. The van der Waals surface area contributed by atoms with Gasteiger partial charge in [0.1, 0.15) is 5.75 Å². The van der Waals surface area contributed by atoms with Crippen LogP contribution in [0.25, 0.3) is 0 Å². The van der Waals surface area contributed by atoms with Gasteiger partial charge in [0, 0.05) is 12.1 Å². The number of nitrogens with zero attached hydrogens (tertiary/aromatic N) is 1. The van der Waals surface area contributed by atoms with Crippen molar-refractivity contribution in [3.05, 3.63) is 33.3 Å². The minimum Gasteiger partial charge on any atom is -0.492 e. The fourth-order valence-electron chi connectivity index (χ4n) is 0.932. The molecule has 14 heavy (non-hydrogen) atoms. The molecule has 0 fully saturated rings. The van der Waals surface area contributed by atoms with Gasteiger partial charge in [0.15, 0.2) is 0 Å². The fraction of sp³-hybridized carbons (Fsp3) is 0.333. The summed E-state index contributed by atoms with van der Waals surface area (Å²) in [6.45, 7) is 2.52. The SMILES string of the molecule is CCCOc1ccc([N+](=O)[O-])cc1Cl. The van der Waals surface area contributed by atoms with Gasteiger partial charge in [0.05, 0.1) is 16.6 Å². The van der Waals surface area contributed by atoms with Crippen LogP contribution in [-0.2, 0) is 0 Å². The number of hydrogen-bond donors (Lipinski definition) is 0. The van der Waals surface area contributed by atoms with Crippen LogP contribution in [0, 0.1) is 10.1 Å². The van der Waals surface area contributed by atoms with Crippen LogP contribution in [0.15, 0.2) is 18.2 Å². The van der Waals surface area contributed by atoms with Crippen LogP contribution in [0.4, 0.5) is 5.69 Å². The first-order chi connectivity index (χ1) is 6.65. The number of rotatable bonds is 4. The molecule has 0 heterocycles. The Balaban J connectivity index is 2.84. The quantitative estimate of drug-likeness (QED) is 0.573. The Morgan fingerprint density at radius 3 is 2.79 bits per heavy atom. The molecule has 0 aliphatic carbocycles. The van der Waals surface area contributed by atoms with Gasteiger partial charge in [-0.25, -0.2) is 0 Å². The summed E-state index contributed by atoms with van der Waals surface area (Å²) in [6, 6.07) is 4.17. The molecule has 1 rings (SSSR count). The molecule has 4 nitrogen and oxygen atoms in total. The van der Waals surface area contributed by atoms with Gasteiger partial charge in [-0.15, -0.1) is 0 Å². The average molecular weight is 216 g/mol. The predicted molar refractivity (Wildman–Crippen MR) is 53.9 cm³/mol. The number of nitro groups is 1. The summed E-state index contributed by atoms with van der Waals surface area (Å²) >= 11 is 5.78. The highest BCUT2D eigenvalue weighted by molar-refractivity contribution is 6.32. The second kappa shape index (κ2) is 4.81. The Bertz CT molecular complexity index is 341. The van der Waals surface area contributed by atoms with Crippen LogP contribution < -0.4 is 4.74 Å². The third-order valence-corrected chi connectivity index (χ3v) is 1.88. The highest BCUT2D eigenvalue weighted by Crippen LogP contribution is 2.28. The van der Waals surface area contributed by atoms with E-state index in [0.717, 1.165) is 6.42 Å². The maximum absolute atomic E-state index is 10.4. The van der Waals surface area contributed by atoms with E-state index in [4.69, 9.17) is 16.3 Å². The van der Waals surface area contributed by atoms with E-state index < -0.39 is 4.92 Å². The zero-order valence-corrected chi connectivity index (χ0v) is 8.45. The lowest BCUT2D eigenvalue weighted by Gasteiger charge is -2.05. The minimum atomic E-state index is -0.491. The van der Waals surface area contributed by atoms with E-state index in [1.54, 1.807) is 0 Å². The number of hydrogen-bond acceptors (Lipinski definition) is 3. The molecule has 0 aromatic heterocycles. The van der Waals surface area contributed by atoms with Gasteiger partial charge < -0.3 is 4.74 Å². The first-order valence-corrected chi connectivity index (χ1v) is 4.59. The zero-order chi connectivity index (χ0) is 10.6. The van der Waals surface area contributed by atoms with E-state index in [0.29, 0.717) is 12.4 Å². The smallest absolute Gasteiger partial charge is 0.271 e. The molecule has 0 aliphatic heterocycles. The van der Waals surface area contributed by atoms with Crippen LogP contribution in [0.5, 0.6) is 5.75 Å². The van der Waals surface area contributed by atoms with Gasteiger partial charge in [-0.05, 0) is 12.5 Å². The van der Waals surface area contributed by atoms with Gasteiger partial charge in [0.25, 0.3) is 5.69 Å². The summed E-state index contributed by atoms with van der Waals surface area (Å²) in [5, 5.41) is 10.7. The summed E-state index contributed by atoms with van der Waals surface area (Å²) in [4.78, 5) is 9.89. The lowest BCUT2D eigenvalue weighted by atomic mass is 10.3. The summed E-state index contributed by atoms with van der Waals surface area (Å²) in [6.07, 6.45) is 0.868. The van der Waals surface area contributed by atoms with Gasteiger partial charge in [-0.2, -0.15) is 0 Å². The van der Waals surface area contributed by atoms with E-state index >= 15 is 0 Å². The second-order valence-electron chi connectivity index (χ2n) is 2.72. The normalized spacial score (nSPS) is 9.86. The van der Waals surface area contributed by atoms with Crippen molar-refractivity contribution in [1.82, 2.24) is 0 Å². The van der Waals surface area contributed by atoms with Crippen LogP contribution in [-0.4, -0.2) is 11.5 Å². The molecule has 0 spiro atoms. The fourth-order valence-corrected chi connectivity index (χ4v) is 1.16. The van der Waals surface area contributed by atoms with E-state index in [9.17, 15) is 10.1 Å². The Morgan fingerprint density at radius 2 is 2.29 bits per heavy atom. The summed E-state index contributed by atoms with van der Waals surface area (Å²) in [7, 11) is 0. The molecule has 0 N–H and O–H groups in total. The molecule has 0 amide bonds. The van der Waals surface area contributed by atoms with E-state index in [1.807, 2.05) is 6.92 Å². The minimum absolute atomic E-state index is 0.0288. The van der Waals surface area contributed by atoms with Gasteiger partial charge in [-0.3, -0.25) is 10.1 Å². The molecule has 0 unspecified atom stereocenters. The lowest BCUT2D eigenvalue weighted by Crippen LogP contribution is -1.96. The van der Waals surface area contributed by atoms with Crippen LogP contribution in [0.2, 0.25) is 5.02 Å². The molecule has 0 radical (unpaired) electrons. The van der Waals surface area contributed by atoms with Gasteiger partial charge in [0.2, 0.25) is 0 Å². The molecule has 0 saturated heterocycles. The molecule has 0 saturated carbocycles. The van der Waals surface area contributed by atoms with E-state index in [-0.39, 0.29) is 10.7 Å².